The van der Waals surface area contributed by atoms with Gasteiger partial charge in [-0.1, -0.05) is 18.2 Å². The molecule has 1 aromatic heterocycles. The van der Waals surface area contributed by atoms with Gasteiger partial charge in [-0.05, 0) is 67.6 Å². The Bertz CT molecular complexity index is 1030. The van der Waals surface area contributed by atoms with E-state index >= 15 is 0 Å². The van der Waals surface area contributed by atoms with Gasteiger partial charge in [0, 0.05) is 11.3 Å². The molecular weight excluding hydrogens is 364 g/mol. The zero-order chi connectivity index (χ0) is 19.9. The van der Waals surface area contributed by atoms with E-state index in [0.29, 0.717) is 19.0 Å². The fourth-order valence-electron chi connectivity index (χ4n) is 2.84. The van der Waals surface area contributed by atoms with Crippen LogP contribution in [0, 0.1) is 0 Å². The minimum absolute atomic E-state index is 0.569. The maximum atomic E-state index is 5.81. The summed E-state index contributed by atoms with van der Waals surface area (Å²) in [6, 6.07) is 25.3. The second-order valence-electron chi connectivity index (χ2n) is 6.39. The van der Waals surface area contributed by atoms with E-state index in [0.717, 1.165) is 34.2 Å². The van der Waals surface area contributed by atoms with Crippen LogP contribution in [0.5, 0.6) is 17.2 Å². The van der Waals surface area contributed by atoms with Crippen LogP contribution in [0.2, 0.25) is 0 Å². The fourth-order valence-corrected chi connectivity index (χ4v) is 2.84. The SMILES string of the molecule is CCOc1ccc(-c2nc(CNc3ccc(Oc4ccccc4)cc3)co2)cc1. The molecule has 1 heterocycles. The van der Waals surface area contributed by atoms with Gasteiger partial charge in [-0.2, -0.15) is 0 Å². The summed E-state index contributed by atoms with van der Waals surface area (Å²) in [6.45, 7) is 3.18. The summed E-state index contributed by atoms with van der Waals surface area (Å²) in [7, 11) is 0. The highest BCUT2D eigenvalue weighted by atomic mass is 16.5. The van der Waals surface area contributed by atoms with Gasteiger partial charge >= 0.3 is 0 Å². The third-order valence-electron chi connectivity index (χ3n) is 4.27. The van der Waals surface area contributed by atoms with Crippen LogP contribution in [0.15, 0.2) is 89.5 Å². The van der Waals surface area contributed by atoms with E-state index in [2.05, 4.69) is 10.3 Å². The monoisotopic (exact) mass is 386 g/mol. The summed E-state index contributed by atoms with van der Waals surface area (Å²) < 4.78 is 16.9. The van der Waals surface area contributed by atoms with E-state index in [1.54, 1.807) is 6.26 Å². The predicted molar refractivity (Wildman–Crippen MR) is 113 cm³/mol. The first-order valence-electron chi connectivity index (χ1n) is 9.54. The molecule has 0 spiro atoms. The molecule has 0 amide bonds. The lowest BCUT2D eigenvalue weighted by atomic mass is 10.2. The Morgan fingerprint density at radius 3 is 2.24 bits per heavy atom. The Morgan fingerprint density at radius 2 is 1.52 bits per heavy atom. The largest absolute Gasteiger partial charge is 0.494 e. The van der Waals surface area contributed by atoms with Crippen molar-refractivity contribution in [3.05, 3.63) is 90.8 Å². The number of hydrogen-bond acceptors (Lipinski definition) is 5. The van der Waals surface area contributed by atoms with E-state index < -0.39 is 0 Å². The Hall–Kier alpha value is -3.73. The average Bonchev–Trinajstić information content (AvgIpc) is 3.24. The molecule has 1 N–H and O–H groups in total. The maximum absolute atomic E-state index is 5.81. The van der Waals surface area contributed by atoms with Crippen molar-refractivity contribution < 1.29 is 13.9 Å². The van der Waals surface area contributed by atoms with Crippen LogP contribution in [0.4, 0.5) is 5.69 Å². The molecule has 0 fully saturated rings. The first-order chi connectivity index (χ1) is 14.3. The van der Waals surface area contributed by atoms with E-state index in [9.17, 15) is 0 Å². The summed E-state index contributed by atoms with van der Waals surface area (Å²) in [4.78, 5) is 4.55. The van der Waals surface area contributed by atoms with Crippen LogP contribution in [0.25, 0.3) is 11.5 Å². The summed E-state index contributed by atoms with van der Waals surface area (Å²) in [6.07, 6.45) is 1.67. The molecule has 0 bridgehead atoms. The minimum Gasteiger partial charge on any atom is -0.494 e. The Balaban J connectivity index is 1.33. The molecule has 0 aliphatic rings. The van der Waals surface area contributed by atoms with Gasteiger partial charge in [-0.3, -0.25) is 0 Å². The number of oxazole rings is 1. The van der Waals surface area contributed by atoms with Crippen molar-refractivity contribution in [2.24, 2.45) is 0 Å². The molecule has 0 saturated heterocycles. The number of benzene rings is 3. The smallest absolute Gasteiger partial charge is 0.226 e. The molecule has 0 atom stereocenters. The second kappa shape index (κ2) is 8.97. The van der Waals surface area contributed by atoms with Gasteiger partial charge in [0.2, 0.25) is 5.89 Å². The molecule has 3 aromatic carbocycles. The van der Waals surface area contributed by atoms with Gasteiger partial charge < -0.3 is 19.2 Å². The first kappa shape index (κ1) is 18.6. The first-order valence-corrected chi connectivity index (χ1v) is 9.54. The van der Waals surface area contributed by atoms with Gasteiger partial charge in [-0.25, -0.2) is 4.98 Å². The van der Waals surface area contributed by atoms with Crippen molar-refractivity contribution >= 4 is 5.69 Å². The zero-order valence-corrected chi connectivity index (χ0v) is 16.2. The van der Waals surface area contributed by atoms with Crippen LogP contribution < -0.4 is 14.8 Å². The number of nitrogens with zero attached hydrogens (tertiary/aromatic N) is 1. The molecule has 29 heavy (non-hydrogen) atoms. The average molecular weight is 386 g/mol. The van der Waals surface area contributed by atoms with Crippen molar-refractivity contribution in [1.82, 2.24) is 4.98 Å². The number of aromatic nitrogens is 1. The van der Waals surface area contributed by atoms with Crippen LogP contribution in [-0.2, 0) is 6.54 Å². The van der Waals surface area contributed by atoms with Gasteiger partial charge in [0.1, 0.15) is 23.5 Å². The minimum atomic E-state index is 0.569. The van der Waals surface area contributed by atoms with Gasteiger partial charge in [0.05, 0.1) is 18.8 Å². The van der Waals surface area contributed by atoms with Crippen molar-refractivity contribution in [3.8, 4) is 28.7 Å². The molecule has 5 heteroatoms. The number of nitrogens with one attached hydrogen (secondary N) is 1. The molecule has 4 aromatic rings. The normalized spacial score (nSPS) is 10.5. The highest BCUT2D eigenvalue weighted by molar-refractivity contribution is 5.55. The lowest BCUT2D eigenvalue weighted by molar-refractivity contribution is 0.340. The fraction of sp³-hybridized carbons (Fsp3) is 0.125. The molecule has 0 aliphatic heterocycles. The van der Waals surface area contributed by atoms with Crippen LogP contribution in [0.1, 0.15) is 12.6 Å². The predicted octanol–water partition coefficient (Wildman–Crippen LogP) is 6.14. The molecule has 4 rings (SSSR count). The Morgan fingerprint density at radius 1 is 0.828 bits per heavy atom. The zero-order valence-electron chi connectivity index (χ0n) is 16.2. The molecule has 0 saturated carbocycles. The molecule has 5 nitrogen and oxygen atoms in total. The Kier molecular flexibility index (Phi) is 5.76. The number of anilines is 1. The lowest BCUT2D eigenvalue weighted by Gasteiger charge is -2.07. The number of para-hydroxylation sites is 1. The lowest BCUT2D eigenvalue weighted by Crippen LogP contribution is -1.99. The summed E-state index contributed by atoms with van der Waals surface area (Å²) in [5, 5.41) is 3.34. The summed E-state index contributed by atoms with van der Waals surface area (Å²) >= 11 is 0. The van der Waals surface area contributed by atoms with Gasteiger partial charge in [0.25, 0.3) is 0 Å². The standard InChI is InChI=1S/C24H22N2O3/c1-2-27-21-12-8-18(9-13-21)24-26-20(17-28-24)16-25-19-10-14-23(15-11-19)29-22-6-4-3-5-7-22/h3-15,17,25H,2,16H2,1H3. The van der Waals surface area contributed by atoms with Crippen molar-refractivity contribution in [3.63, 3.8) is 0 Å². The van der Waals surface area contributed by atoms with Gasteiger partial charge in [-0.15, -0.1) is 0 Å². The topological polar surface area (TPSA) is 56.5 Å². The third kappa shape index (κ3) is 4.96. The molecule has 146 valence electrons. The Labute approximate surface area is 169 Å². The maximum Gasteiger partial charge on any atom is 0.226 e. The number of hydrogen-bond donors (Lipinski definition) is 1. The highest BCUT2D eigenvalue weighted by Gasteiger charge is 2.07. The summed E-state index contributed by atoms with van der Waals surface area (Å²) in [5.41, 5.74) is 2.73. The highest BCUT2D eigenvalue weighted by Crippen LogP contribution is 2.24. The molecule has 0 radical (unpaired) electrons. The quantitative estimate of drug-likeness (QED) is 0.394. The van der Waals surface area contributed by atoms with Crippen molar-refractivity contribution in [2.45, 2.75) is 13.5 Å². The van der Waals surface area contributed by atoms with Crippen LogP contribution in [0.3, 0.4) is 0 Å². The molecular formula is C24H22N2O3. The molecule has 0 unspecified atom stereocenters. The third-order valence-corrected chi connectivity index (χ3v) is 4.27. The van der Waals surface area contributed by atoms with E-state index in [1.165, 1.54) is 0 Å². The van der Waals surface area contributed by atoms with Crippen molar-refractivity contribution in [2.75, 3.05) is 11.9 Å². The summed E-state index contributed by atoms with van der Waals surface area (Å²) in [5.74, 6) is 3.04. The van der Waals surface area contributed by atoms with Crippen LogP contribution >= 0.6 is 0 Å². The van der Waals surface area contributed by atoms with Crippen LogP contribution in [-0.4, -0.2) is 11.6 Å². The molecule has 0 aliphatic carbocycles. The van der Waals surface area contributed by atoms with E-state index in [4.69, 9.17) is 13.9 Å². The van der Waals surface area contributed by atoms with Gasteiger partial charge in [0.15, 0.2) is 0 Å². The second-order valence-corrected chi connectivity index (χ2v) is 6.39. The van der Waals surface area contributed by atoms with E-state index in [-0.39, 0.29) is 0 Å². The van der Waals surface area contributed by atoms with Crippen molar-refractivity contribution in [1.29, 1.82) is 0 Å². The number of rotatable bonds is 8. The number of ether oxygens (including phenoxy) is 2. The van der Waals surface area contributed by atoms with E-state index in [1.807, 2.05) is 85.8 Å².